The minimum Gasteiger partial charge on any atom is -0.374 e. The van der Waals surface area contributed by atoms with E-state index in [1.807, 2.05) is 10.9 Å². The summed E-state index contributed by atoms with van der Waals surface area (Å²) in [7, 11) is 0. The van der Waals surface area contributed by atoms with Crippen LogP contribution in [0.4, 0.5) is 0 Å². The lowest BCUT2D eigenvalue weighted by molar-refractivity contribution is -0.0261. The predicted octanol–water partition coefficient (Wildman–Crippen LogP) is 1.49. The van der Waals surface area contributed by atoms with Crippen molar-refractivity contribution in [2.45, 2.75) is 46.8 Å². The number of rotatable bonds is 9. The lowest BCUT2D eigenvalue weighted by Crippen LogP contribution is -2.46. The Kier molecular flexibility index (Phi) is 8.91. The second-order valence-electron chi connectivity index (χ2n) is 7.43. The van der Waals surface area contributed by atoms with Crippen LogP contribution in [0.25, 0.3) is 0 Å². The highest BCUT2D eigenvalue weighted by Crippen LogP contribution is 2.08. The lowest BCUT2D eigenvalue weighted by atomic mass is 10.2. The van der Waals surface area contributed by atoms with Crippen LogP contribution >= 0.6 is 0 Å². The summed E-state index contributed by atoms with van der Waals surface area (Å²) >= 11 is 0. The number of ether oxygens (including phenoxy) is 1. The average Bonchev–Trinajstić information content (AvgIpc) is 3.01. The molecule has 7 heteroatoms. The molecule has 148 valence electrons. The third kappa shape index (κ3) is 7.74. The summed E-state index contributed by atoms with van der Waals surface area (Å²) in [5, 5.41) is 11.0. The topological polar surface area (TPSA) is 66.7 Å². The Balaban J connectivity index is 1.72. The van der Waals surface area contributed by atoms with Crippen LogP contribution in [0, 0.1) is 12.8 Å². The Labute approximate surface area is 158 Å². The van der Waals surface area contributed by atoms with Crippen molar-refractivity contribution < 1.29 is 4.74 Å². The second kappa shape index (κ2) is 11.2. The Morgan fingerprint density at radius 1 is 1.42 bits per heavy atom. The molecule has 1 aromatic heterocycles. The molecule has 1 unspecified atom stereocenters. The zero-order chi connectivity index (χ0) is 18.8. The highest BCUT2D eigenvalue weighted by atomic mass is 16.5. The molecule has 2 N–H and O–H groups in total. The van der Waals surface area contributed by atoms with Crippen LogP contribution in [-0.4, -0.2) is 72.6 Å². The summed E-state index contributed by atoms with van der Waals surface area (Å²) in [6, 6.07) is 0. The first-order chi connectivity index (χ1) is 12.6. The van der Waals surface area contributed by atoms with Crippen LogP contribution in [0.3, 0.4) is 0 Å². The number of nitrogens with zero attached hydrogens (tertiary/aromatic N) is 4. The Morgan fingerprint density at radius 2 is 2.27 bits per heavy atom. The number of hydrogen-bond donors (Lipinski definition) is 2. The normalized spacial score (nSPS) is 19.1. The summed E-state index contributed by atoms with van der Waals surface area (Å²) in [6.07, 6.45) is 5.16. The fourth-order valence-corrected chi connectivity index (χ4v) is 3.15. The molecule has 2 heterocycles. The van der Waals surface area contributed by atoms with Crippen LogP contribution in [0.2, 0.25) is 0 Å². The summed E-state index contributed by atoms with van der Waals surface area (Å²) in [4.78, 5) is 7.21. The van der Waals surface area contributed by atoms with Crippen molar-refractivity contribution in [2.75, 3.05) is 45.9 Å². The summed E-state index contributed by atoms with van der Waals surface area (Å²) in [6.45, 7) is 16.0. The van der Waals surface area contributed by atoms with Crippen LogP contribution in [0.5, 0.6) is 0 Å². The van der Waals surface area contributed by atoms with E-state index in [-0.39, 0.29) is 6.10 Å². The summed E-state index contributed by atoms with van der Waals surface area (Å²) in [5.74, 6) is 1.56. The molecule has 1 aromatic rings. The van der Waals surface area contributed by atoms with E-state index in [0.717, 1.165) is 58.3 Å². The van der Waals surface area contributed by atoms with E-state index in [1.54, 1.807) is 0 Å². The Morgan fingerprint density at radius 3 is 2.96 bits per heavy atom. The molecular formula is C19H36N6O. The zero-order valence-corrected chi connectivity index (χ0v) is 16.9. The van der Waals surface area contributed by atoms with Crippen molar-refractivity contribution in [1.29, 1.82) is 0 Å². The van der Waals surface area contributed by atoms with Crippen molar-refractivity contribution in [3.63, 3.8) is 0 Å². The molecule has 0 radical (unpaired) electrons. The van der Waals surface area contributed by atoms with E-state index >= 15 is 0 Å². The second-order valence-corrected chi connectivity index (χ2v) is 7.43. The fourth-order valence-electron chi connectivity index (χ4n) is 3.15. The Hall–Kier alpha value is -1.60. The van der Waals surface area contributed by atoms with E-state index < -0.39 is 0 Å². The highest BCUT2D eigenvalue weighted by molar-refractivity contribution is 5.79. The molecule has 1 fully saturated rings. The van der Waals surface area contributed by atoms with E-state index in [9.17, 15) is 0 Å². The van der Waals surface area contributed by atoms with Gasteiger partial charge < -0.3 is 15.4 Å². The summed E-state index contributed by atoms with van der Waals surface area (Å²) < 4.78 is 7.87. The van der Waals surface area contributed by atoms with Gasteiger partial charge in [-0.05, 0) is 31.7 Å². The molecule has 26 heavy (non-hydrogen) atoms. The quantitative estimate of drug-likeness (QED) is 0.395. The first-order valence-electron chi connectivity index (χ1n) is 9.92. The lowest BCUT2D eigenvalue weighted by Gasteiger charge is -2.33. The number of nitrogens with one attached hydrogen (secondary N) is 2. The van der Waals surface area contributed by atoms with E-state index in [2.05, 4.69) is 54.5 Å². The van der Waals surface area contributed by atoms with Crippen molar-refractivity contribution in [3.8, 4) is 0 Å². The van der Waals surface area contributed by atoms with Crippen LogP contribution < -0.4 is 10.6 Å². The molecule has 1 aliphatic heterocycles. The van der Waals surface area contributed by atoms with Gasteiger partial charge in [-0.3, -0.25) is 14.6 Å². The smallest absolute Gasteiger partial charge is 0.191 e. The first kappa shape index (κ1) is 20.7. The molecule has 0 aliphatic carbocycles. The largest absolute Gasteiger partial charge is 0.374 e. The van der Waals surface area contributed by atoms with Crippen LogP contribution in [0.15, 0.2) is 17.4 Å². The number of guanidine groups is 1. The van der Waals surface area contributed by atoms with Crippen LogP contribution in [0.1, 0.15) is 32.8 Å². The predicted molar refractivity (Wildman–Crippen MR) is 107 cm³/mol. The third-order valence-electron chi connectivity index (χ3n) is 4.26. The van der Waals surface area contributed by atoms with Crippen molar-refractivity contribution in [1.82, 2.24) is 25.3 Å². The Bertz CT molecular complexity index is 542. The van der Waals surface area contributed by atoms with Gasteiger partial charge in [0.15, 0.2) is 5.96 Å². The van der Waals surface area contributed by atoms with Gasteiger partial charge in [-0.2, -0.15) is 5.10 Å². The van der Waals surface area contributed by atoms with Gasteiger partial charge in [-0.15, -0.1) is 0 Å². The minimum absolute atomic E-state index is 0.185. The molecule has 0 bridgehead atoms. The van der Waals surface area contributed by atoms with E-state index in [4.69, 9.17) is 9.73 Å². The van der Waals surface area contributed by atoms with Crippen molar-refractivity contribution in [2.24, 2.45) is 10.9 Å². The van der Waals surface area contributed by atoms with Gasteiger partial charge in [0.1, 0.15) is 0 Å². The number of aryl methyl sites for hydroxylation is 2. The van der Waals surface area contributed by atoms with Gasteiger partial charge in [0, 0.05) is 45.5 Å². The number of morpholine rings is 1. The van der Waals surface area contributed by atoms with Gasteiger partial charge in [-0.1, -0.05) is 13.8 Å². The van der Waals surface area contributed by atoms with Gasteiger partial charge in [-0.25, -0.2) is 0 Å². The summed E-state index contributed by atoms with van der Waals surface area (Å²) in [5.41, 5.74) is 1.20. The van der Waals surface area contributed by atoms with Gasteiger partial charge in [0.25, 0.3) is 0 Å². The standard InChI is InChI=1S/C19H36N6O/c1-5-20-19(21-7-6-8-25-14-17(4)11-23-25)22-12-18-15-24(9-10-26-18)13-16(2)3/h11,14,16,18H,5-10,12-13,15H2,1-4H3,(H2,20,21,22). The zero-order valence-electron chi connectivity index (χ0n) is 16.9. The molecule has 2 rings (SSSR count). The molecule has 7 nitrogen and oxygen atoms in total. The fraction of sp³-hybridized carbons (Fsp3) is 0.789. The van der Waals surface area contributed by atoms with Gasteiger partial charge in [0.05, 0.1) is 25.5 Å². The molecule has 1 saturated heterocycles. The van der Waals surface area contributed by atoms with Gasteiger partial charge in [0.2, 0.25) is 0 Å². The molecule has 0 aromatic carbocycles. The monoisotopic (exact) mass is 364 g/mol. The number of hydrogen-bond acceptors (Lipinski definition) is 4. The maximum Gasteiger partial charge on any atom is 0.191 e. The number of aromatic nitrogens is 2. The average molecular weight is 365 g/mol. The number of aliphatic imine (C=N–C) groups is 1. The highest BCUT2D eigenvalue weighted by Gasteiger charge is 2.20. The minimum atomic E-state index is 0.185. The van der Waals surface area contributed by atoms with Crippen LogP contribution in [-0.2, 0) is 11.3 Å². The maximum absolute atomic E-state index is 5.89. The van der Waals surface area contributed by atoms with Crippen molar-refractivity contribution in [3.05, 3.63) is 18.0 Å². The molecule has 0 saturated carbocycles. The third-order valence-corrected chi connectivity index (χ3v) is 4.26. The molecule has 1 aliphatic rings. The molecule has 0 amide bonds. The van der Waals surface area contributed by atoms with E-state index in [0.29, 0.717) is 12.5 Å². The van der Waals surface area contributed by atoms with Crippen molar-refractivity contribution >= 4 is 5.96 Å². The maximum atomic E-state index is 5.89. The molecule has 1 atom stereocenters. The first-order valence-corrected chi connectivity index (χ1v) is 9.92. The van der Waals surface area contributed by atoms with Gasteiger partial charge >= 0.3 is 0 Å². The SMILES string of the molecule is CCNC(=NCC1CN(CC(C)C)CCO1)NCCCn1cc(C)cn1. The van der Waals surface area contributed by atoms with E-state index in [1.165, 1.54) is 5.56 Å². The molecular weight excluding hydrogens is 328 g/mol. The molecule has 0 spiro atoms.